The number of benzene rings is 1. The van der Waals surface area contributed by atoms with Crippen molar-refractivity contribution in [3.8, 4) is 5.75 Å². The van der Waals surface area contributed by atoms with E-state index in [1.807, 2.05) is 6.92 Å². The Labute approximate surface area is 112 Å². The average molecular weight is 269 g/mol. The predicted octanol–water partition coefficient (Wildman–Crippen LogP) is 2.05. The van der Waals surface area contributed by atoms with Gasteiger partial charge in [0.25, 0.3) is 0 Å². The van der Waals surface area contributed by atoms with E-state index in [2.05, 4.69) is 5.32 Å². The van der Waals surface area contributed by atoms with Crippen LogP contribution in [0.3, 0.4) is 0 Å². The summed E-state index contributed by atoms with van der Waals surface area (Å²) < 4.78 is 23.5. The third-order valence-corrected chi connectivity index (χ3v) is 2.56. The lowest BCUT2D eigenvalue weighted by molar-refractivity contribution is -0.146. The first-order valence-electron chi connectivity index (χ1n) is 6.37. The number of hydrogen-bond donors (Lipinski definition) is 1. The molecule has 5 heteroatoms. The van der Waals surface area contributed by atoms with E-state index in [0.717, 1.165) is 0 Å². The Kier molecular flexibility index (Phi) is 6.29. The highest BCUT2D eigenvalue weighted by atomic mass is 19.1. The standard InChI is InChI=1S/C14H20FNO3/c1-4-16-12(14(17)18-5-2)9-19-13-7-6-11(15)8-10(13)3/h6-8,12,16H,4-5,9H2,1-3H3. The van der Waals surface area contributed by atoms with Gasteiger partial charge >= 0.3 is 5.97 Å². The Morgan fingerprint density at radius 2 is 2.16 bits per heavy atom. The van der Waals surface area contributed by atoms with Gasteiger partial charge in [0.05, 0.1) is 6.61 Å². The topological polar surface area (TPSA) is 47.6 Å². The number of ether oxygens (including phenoxy) is 2. The molecule has 0 aliphatic heterocycles. The fraction of sp³-hybridized carbons (Fsp3) is 0.500. The Balaban J connectivity index is 2.62. The van der Waals surface area contributed by atoms with Crippen molar-refractivity contribution in [1.82, 2.24) is 5.32 Å². The van der Waals surface area contributed by atoms with E-state index in [1.54, 1.807) is 19.9 Å². The molecule has 4 nitrogen and oxygen atoms in total. The lowest BCUT2D eigenvalue weighted by Crippen LogP contribution is -2.42. The third kappa shape index (κ3) is 4.87. The second-order valence-corrected chi connectivity index (χ2v) is 4.08. The van der Waals surface area contributed by atoms with Crippen LogP contribution in [-0.2, 0) is 9.53 Å². The molecule has 19 heavy (non-hydrogen) atoms. The van der Waals surface area contributed by atoms with Crippen LogP contribution in [0.1, 0.15) is 19.4 Å². The molecule has 0 heterocycles. The molecule has 0 bridgehead atoms. The van der Waals surface area contributed by atoms with E-state index >= 15 is 0 Å². The van der Waals surface area contributed by atoms with E-state index in [4.69, 9.17) is 9.47 Å². The van der Waals surface area contributed by atoms with Gasteiger partial charge in [-0.1, -0.05) is 6.92 Å². The van der Waals surface area contributed by atoms with Crippen molar-refractivity contribution in [1.29, 1.82) is 0 Å². The van der Waals surface area contributed by atoms with Gasteiger partial charge < -0.3 is 14.8 Å². The van der Waals surface area contributed by atoms with Gasteiger partial charge in [0.15, 0.2) is 0 Å². The number of esters is 1. The van der Waals surface area contributed by atoms with E-state index in [-0.39, 0.29) is 18.4 Å². The van der Waals surface area contributed by atoms with Crippen LogP contribution in [0.4, 0.5) is 4.39 Å². The van der Waals surface area contributed by atoms with Gasteiger partial charge in [-0.3, -0.25) is 4.79 Å². The van der Waals surface area contributed by atoms with Crippen molar-refractivity contribution in [3.63, 3.8) is 0 Å². The number of halogens is 1. The summed E-state index contributed by atoms with van der Waals surface area (Å²) >= 11 is 0. The van der Waals surface area contributed by atoms with Gasteiger partial charge in [-0.25, -0.2) is 4.39 Å². The Morgan fingerprint density at radius 1 is 1.42 bits per heavy atom. The number of aryl methyl sites for hydroxylation is 1. The average Bonchev–Trinajstić information content (AvgIpc) is 2.36. The van der Waals surface area contributed by atoms with Crippen LogP contribution in [0.15, 0.2) is 18.2 Å². The number of hydrogen-bond acceptors (Lipinski definition) is 4. The molecule has 1 atom stereocenters. The quantitative estimate of drug-likeness (QED) is 0.770. The Hall–Kier alpha value is -1.62. The maximum Gasteiger partial charge on any atom is 0.326 e. The van der Waals surface area contributed by atoms with Crippen LogP contribution in [0.5, 0.6) is 5.75 Å². The van der Waals surface area contributed by atoms with Gasteiger partial charge in [-0.15, -0.1) is 0 Å². The molecule has 0 saturated carbocycles. The molecule has 1 N–H and O–H groups in total. The smallest absolute Gasteiger partial charge is 0.326 e. The van der Waals surface area contributed by atoms with Gasteiger partial charge in [0.2, 0.25) is 0 Å². The normalized spacial score (nSPS) is 12.0. The number of rotatable bonds is 7. The van der Waals surface area contributed by atoms with Crippen molar-refractivity contribution in [2.45, 2.75) is 26.8 Å². The van der Waals surface area contributed by atoms with E-state index in [1.165, 1.54) is 12.1 Å². The fourth-order valence-corrected chi connectivity index (χ4v) is 1.65. The largest absolute Gasteiger partial charge is 0.491 e. The summed E-state index contributed by atoms with van der Waals surface area (Å²) in [6.45, 7) is 6.52. The summed E-state index contributed by atoms with van der Waals surface area (Å²) in [6, 6.07) is 3.75. The van der Waals surface area contributed by atoms with Crippen LogP contribution >= 0.6 is 0 Å². The minimum absolute atomic E-state index is 0.152. The van der Waals surface area contributed by atoms with Crippen molar-refractivity contribution < 1.29 is 18.7 Å². The molecule has 1 rings (SSSR count). The minimum atomic E-state index is -0.519. The van der Waals surface area contributed by atoms with Crippen LogP contribution in [0.2, 0.25) is 0 Å². The van der Waals surface area contributed by atoms with Crippen molar-refractivity contribution >= 4 is 5.97 Å². The van der Waals surface area contributed by atoms with Crippen LogP contribution < -0.4 is 10.1 Å². The molecule has 0 fully saturated rings. The first-order chi connectivity index (χ1) is 9.08. The first-order valence-corrected chi connectivity index (χ1v) is 6.37. The fourth-order valence-electron chi connectivity index (χ4n) is 1.65. The zero-order valence-corrected chi connectivity index (χ0v) is 11.5. The van der Waals surface area contributed by atoms with Gasteiger partial charge in [0.1, 0.15) is 24.2 Å². The highest BCUT2D eigenvalue weighted by molar-refractivity contribution is 5.76. The number of likely N-dealkylation sites (N-methyl/N-ethyl adjacent to an activating group) is 1. The zero-order chi connectivity index (χ0) is 14.3. The Bertz CT molecular complexity index is 423. The number of nitrogens with one attached hydrogen (secondary N) is 1. The summed E-state index contributed by atoms with van der Waals surface area (Å²) in [4.78, 5) is 11.7. The predicted molar refractivity (Wildman–Crippen MR) is 70.7 cm³/mol. The monoisotopic (exact) mass is 269 g/mol. The summed E-state index contributed by atoms with van der Waals surface area (Å²) in [7, 11) is 0. The lowest BCUT2D eigenvalue weighted by Gasteiger charge is -2.17. The maximum atomic E-state index is 13.0. The molecule has 0 saturated heterocycles. The molecule has 0 aliphatic carbocycles. The zero-order valence-electron chi connectivity index (χ0n) is 11.5. The Morgan fingerprint density at radius 3 is 2.74 bits per heavy atom. The molecule has 0 amide bonds. The summed E-state index contributed by atoms with van der Waals surface area (Å²) in [5, 5.41) is 2.99. The van der Waals surface area contributed by atoms with E-state index in [0.29, 0.717) is 24.5 Å². The van der Waals surface area contributed by atoms with Crippen LogP contribution in [0.25, 0.3) is 0 Å². The van der Waals surface area contributed by atoms with Gasteiger partial charge in [0, 0.05) is 0 Å². The van der Waals surface area contributed by atoms with E-state index in [9.17, 15) is 9.18 Å². The molecule has 1 unspecified atom stereocenters. The van der Waals surface area contributed by atoms with Crippen LogP contribution in [0, 0.1) is 12.7 Å². The third-order valence-electron chi connectivity index (χ3n) is 2.56. The molecule has 1 aromatic carbocycles. The van der Waals surface area contributed by atoms with Crippen molar-refractivity contribution in [3.05, 3.63) is 29.6 Å². The van der Waals surface area contributed by atoms with Gasteiger partial charge in [-0.2, -0.15) is 0 Å². The SMILES string of the molecule is CCNC(COc1ccc(F)cc1C)C(=O)OCC. The highest BCUT2D eigenvalue weighted by Crippen LogP contribution is 2.18. The summed E-state index contributed by atoms with van der Waals surface area (Å²) in [5.74, 6) is -0.0869. The molecule has 0 aromatic heterocycles. The van der Waals surface area contributed by atoms with Crippen molar-refractivity contribution in [2.24, 2.45) is 0 Å². The molecular weight excluding hydrogens is 249 g/mol. The van der Waals surface area contributed by atoms with E-state index < -0.39 is 6.04 Å². The first kappa shape index (κ1) is 15.4. The van der Waals surface area contributed by atoms with Gasteiger partial charge in [-0.05, 0) is 44.2 Å². The molecule has 0 radical (unpaired) electrons. The minimum Gasteiger partial charge on any atom is -0.491 e. The summed E-state index contributed by atoms with van der Waals surface area (Å²) in [5.41, 5.74) is 0.694. The lowest BCUT2D eigenvalue weighted by atomic mass is 10.2. The van der Waals surface area contributed by atoms with Crippen molar-refractivity contribution in [2.75, 3.05) is 19.8 Å². The molecular formula is C14H20FNO3. The second kappa shape index (κ2) is 7.74. The highest BCUT2D eigenvalue weighted by Gasteiger charge is 2.19. The second-order valence-electron chi connectivity index (χ2n) is 4.08. The summed E-state index contributed by atoms with van der Waals surface area (Å²) in [6.07, 6.45) is 0. The van der Waals surface area contributed by atoms with Crippen LogP contribution in [-0.4, -0.2) is 31.8 Å². The number of carbonyl (C=O) groups is 1. The molecule has 0 aliphatic rings. The maximum absolute atomic E-state index is 13.0. The number of carbonyl (C=O) groups excluding carboxylic acids is 1. The molecule has 106 valence electrons. The molecule has 0 spiro atoms. The molecule has 1 aromatic rings.